The van der Waals surface area contributed by atoms with Crippen molar-refractivity contribution in [3.05, 3.63) is 64.6 Å². The van der Waals surface area contributed by atoms with Gasteiger partial charge in [0.15, 0.2) is 4.71 Å². The highest BCUT2D eigenvalue weighted by molar-refractivity contribution is 7.71. The maximum Gasteiger partial charge on any atom is 0.191 e. The molecule has 4 rings (SSSR count). The molecule has 2 heterocycles. The van der Waals surface area contributed by atoms with E-state index in [0.29, 0.717) is 4.71 Å². The lowest BCUT2D eigenvalue weighted by molar-refractivity contribution is 0.582. The van der Waals surface area contributed by atoms with E-state index in [9.17, 15) is 0 Å². The summed E-state index contributed by atoms with van der Waals surface area (Å²) in [5, 5.41) is 2.13. The maximum absolute atomic E-state index is 5.92. The van der Waals surface area contributed by atoms with E-state index in [-0.39, 0.29) is 0 Å². The Hall–Kier alpha value is -2.39. The van der Waals surface area contributed by atoms with Crippen molar-refractivity contribution in [1.29, 1.82) is 0 Å². The second-order valence-corrected chi connectivity index (χ2v) is 5.94. The number of hydrogen-bond acceptors (Lipinski definition) is 3. The standard InChI is InChI=1S/C19H14O2S/c1-11-8-15-18(12(2)9-16(22)21-15)19-17(11)14(10-20-19)13-6-4-3-5-7-13/h3-10H,1-2H3. The molecule has 0 N–H and O–H groups in total. The summed E-state index contributed by atoms with van der Waals surface area (Å²) < 4.78 is 12.1. The molecular weight excluding hydrogens is 292 g/mol. The lowest BCUT2D eigenvalue weighted by Gasteiger charge is -2.06. The van der Waals surface area contributed by atoms with Gasteiger partial charge < -0.3 is 8.83 Å². The Kier molecular flexibility index (Phi) is 2.91. The topological polar surface area (TPSA) is 26.3 Å². The second kappa shape index (κ2) is 4.82. The molecule has 2 nitrogen and oxygen atoms in total. The van der Waals surface area contributed by atoms with Crippen LogP contribution in [0.1, 0.15) is 11.1 Å². The van der Waals surface area contributed by atoms with Gasteiger partial charge in [0.2, 0.25) is 0 Å². The van der Waals surface area contributed by atoms with Crippen LogP contribution in [0.5, 0.6) is 0 Å². The molecule has 0 aliphatic carbocycles. The predicted molar refractivity (Wildman–Crippen MR) is 91.7 cm³/mol. The third-order valence-corrected chi connectivity index (χ3v) is 4.23. The van der Waals surface area contributed by atoms with Crippen molar-refractivity contribution in [2.75, 3.05) is 0 Å². The summed E-state index contributed by atoms with van der Waals surface area (Å²) in [4.78, 5) is 0. The largest absolute Gasteiger partial charge is 0.463 e. The first-order valence-electron chi connectivity index (χ1n) is 7.16. The molecule has 0 saturated heterocycles. The Morgan fingerprint density at radius 1 is 0.909 bits per heavy atom. The molecule has 0 radical (unpaired) electrons. The molecule has 0 atom stereocenters. The van der Waals surface area contributed by atoms with Crippen molar-refractivity contribution in [2.45, 2.75) is 13.8 Å². The molecule has 2 aromatic heterocycles. The molecule has 0 spiro atoms. The van der Waals surface area contributed by atoms with E-state index in [1.54, 1.807) is 0 Å². The minimum Gasteiger partial charge on any atom is -0.463 e. The zero-order chi connectivity index (χ0) is 15.3. The minimum absolute atomic E-state index is 0.499. The van der Waals surface area contributed by atoms with Crippen molar-refractivity contribution in [1.82, 2.24) is 0 Å². The van der Waals surface area contributed by atoms with Crippen LogP contribution < -0.4 is 0 Å². The molecule has 3 heteroatoms. The van der Waals surface area contributed by atoms with Crippen LogP contribution in [0.4, 0.5) is 0 Å². The lowest BCUT2D eigenvalue weighted by atomic mass is 9.98. The van der Waals surface area contributed by atoms with Gasteiger partial charge in [-0.25, -0.2) is 0 Å². The third kappa shape index (κ3) is 1.90. The van der Waals surface area contributed by atoms with E-state index < -0.39 is 0 Å². The Labute approximate surface area is 133 Å². The maximum atomic E-state index is 5.92. The summed E-state index contributed by atoms with van der Waals surface area (Å²) in [5.41, 5.74) is 6.10. The van der Waals surface area contributed by atoms with Gasteiger partial charge in [0.25, 0.3) is 0 Å². The zero-order valence-corrected chi connectivity index (χ0v) is 13.2. The highest BCUT2D eigenvalue weighted by Crippen LogP contribution is 2.38. The van der Waals surface area contributed by atoms with Crippen LogP contribution in [-0.4, -0.2) is 0 Å². The molecule has 0 bridgehead atoms. The van der Waals surface area contributed by atoms with E-state index in [2.05, 4.69) is 19.1 Å². The van der Waals surface area contributed by atoms with Gasteiger partial charge in [-0.1, -0.05) is 30.3 Å². The highest BCUT2D eigenvalue weighted by Gasteiger charge is 2.16. The molecular formula is C19H14O2S. The number of aryl methyl sites for hydroxylation is 2. The predicted octanol–water partition coefficient (Wildman–Crippen LogP) is 6.19. The van der Waals surface area contributed by atoms with E-state index in [0.717, 1.165) is 44.2 Å². The second-order valence-electron chi connectivity index (χ2n) is 5.53. The van der Waals surface area contributed by atoms with Crippen LogP contribution in [0.25, 0.3) is 33.1 Å². The van der Waals surface area contributed by atoms with Crippen LogP contribution in [0.3, 0.4) is 0 Å². The summed E-state index contributed by atoms with van der Waals surface area (Å²) in [6.07, 6.45) is 1.83. The van der Waals surface area contributed by atoms with Gasteiger partial charge in [-0.3, -0.25) is 0 Å². The molecule has 4 aromatic rings. The van der Waals surface area contributed by atoms with E-state index >= 15 is 0 Å². The highest BCUT2D eigenvalue weighted by atomic mass is 32.1. The Bertz CT molecular complexity index is 1060. The smallest absolute Gasteiger partial charge is 0.191 e. The summed E-state index contributed by atoms with van der Waals surface area (Å²) >= 11 is 5.18. The average Bonchev–Trinajstić information content (AvgIpc) is 2.92. The van der Waals surface area contributed by atoms with E-state index in [4.69, 9.17) is 21.1 Å². The molecule has 0 saturated carbocycles. The Balaban J connectivity index is 2.17. The fourth-order valence-corrected chi connectivity index (χ4v) is 3.32. The molecule has 22 heavy (non-hydrogen) atoms. The number of rotatable bonds is 1. The zero-order valence-electron chi connectivity index (χ0n) is 12.3. The number of benzene rings is 2. The van der Waals surface area contributed by atoms with Crippen LogP contribution in [-0.2, 0) is 0 Å². The molecule has 108 valence electrons. The van der Waals surface area contributed by atoms with Crippen LogP contribution >= 0.6 is 12.2 Å². The monoisotopic (exact) mass is 306 g/mol. The SMILES string of the molecule is Cc1cc2oc(=S)cc(C)c2c2occ(-c3ccccc3)c12. The molecule has 0 unspecified atom stereocenters. The molecule has 0 amide bonds. The summed E-state index contributed by atoms with van der Waals surface area (Å²) in [5.74, 6) is 0. The third-order valence-electron chi connectivity index (χ3n) is 4.03. The fourth-order valence-electron chi connectivity index (χ4n) is 3.06. The van der Waals surface area contributed by atoms with Gasteiger partial charge in [0, 0.05) is 10.9 Å². The van der Waals surface area contributed by atoms with Crippen molar-refractivity contribution >= 4 is 34.2 Å². The van der Waals surface area contributed by atoms with Gasteiger partial charge in [-0.05, 0) is 54.9 Å². The fraction of sp³-hybridized carbons (Fsp3) is 0.105. The first-order chi connectivity index (χ1) is 10.6. The first kappa shape index (κ1) is 13.3. The van der Waals surface area contributed by atoms with Crippen LogP contribution in [0, 0.1) is 18.6 Å². The summed E-state index contributed by atoms with van der Waals surface area (Å²) in [6, 6.07) is 14.2. The van der Waals surface area contributed by atoms with Gasteiger partial charge in [0.1, 0.15) is 11.2 Å². The average molecular weight is 306 g/mol. The molecule has 2 aromatic carbocycles. The van der Waals surface area contributed by atoms with Gasteiger partial charge in [0.05, 0.1) is 11.6 Å². The van der Waals surface area contributed by atoms with Crippen molar-refractivity contribution in [3.63, 3.8) is 0 Å². The first-order valence-corrected chi connectivity index (χ1v) is 7.56. The molecule has 0 aliphatic rings. The Morgan fingerprint density at radius 2 is 1.64 bits per heavy atom. The van der Waals surface area contributed by atoms with Crippen molar-refractivity contribution in [2.24, 2.45) is 0 Å². The number of fused-ring (bicyclic) bond motifs is 3. The quantitative estimate of drug-likeness (QED) is 0.392. The van der Waals surface area contributed by atoms with E-state index in [1.807, 2.05) is 43.5 Å². The van der Waals surface area contributed by atoms with Crippen LogP contribution in [0.15, 0.2) is 57.6 Å². The number of furan rings is 1. The van der Waals surface area contributed by atoms with Crippen molar-refractivity contribution < 1.29 is 8.83 Å². The van der Waals surface area contributed by atoms with E-state index in [1.165, 1.54) is 0 Å². The Morgan fingerprint density at radius 3 is 2.41 bits per heavy atom. The van der Waals surface area contributed by atoms with Gasteiger partial charge in [-0.2, -0.15) is 0 Å². The molecule has 0 fully saturated rings. The summed E-state index contributed by atoms with van der Waals surface area (Å²) in [7, 11) is 0. The van der Waals surface area contributed by atoms with Crippen LogP contribution in [0.2, 0.25) is 0 Å². The minimum atomic E-state index is 0.499. The summed E-state index contributed by atoms with van der Waals surface area (Å²) in [6.45, 7) is 4.11. The lowest BCUT2D eigenvalue weighted by Crippen LogP contribution is -1.85. The molecule has 0 aliphatic heterocycles. The number of hydrogen-bond donors (Lipinski definition) is 0. The van der Waals surface area contributed by atoms with Crippen molar-refractivity contribution in [3.8, 4) is 11.1 Å². The van der Waals surface area contributed by atoms with Gasteiger partial charge in [-0.15, -0.1) is 0 Å². The normalized spacial score (nSPS) is 11.4. The van der Waals surface area contributed by atoms with Gasteiger partial charge >= 0.3 is 0 Å².